The van der Waals surface area contributed by atoms with Crippen LogP contribution in [0, 0.1) is 0 Å². The molecular formula is C62H107NO8. The lowest BCUT2D eigenvalue weighted by Gasteiger charge is -2.40. The standard InChI is InChI=1S/C62H107NO8/c1-3-5-7-9-11-13-15-17-19-21-23-25-27-28-30-32-34-36-38-40-42-44-46-48-50-52-58(66)63-55(54-70-62-61(69)60(68)59(67)57(53-64)71-62)56(65)51-49-47-45-43-41-39-37-35-33-31-29-26-24-22-20-18-16-14-12-10-8-6-4-2/h5,7,11,13,17,19,23,25,28,30,33,35,41,43,49,51,55-57,59-62,64-65,67-69H,3-4,6,8-10,12,14-16,18,20-22,24,26-27,29,31-32,34,36-40,42,44-48,50,52-54H2,1-2H3,(H,63,66)/b7-5-,13-11-,19-17-,25-23-,30-28-,35-33+,43-41+,51-49+. The topological polar surface area (TPSA) is 149 Å². The quantitative estimate of drug-likeness (QED) is 0.0261. The van der Waals surface area contributed by atoms with Crippen molar-refractivity contribution >= 4 is 5.91 Å². The molecule has 9 nitrogen and oxygen atoms in total. The van der Waals surface area contributed by atoms with E-state index in [1.54, 1.807) is 6.08 Å². The molecule has 1 fully saturated rings. The summed E-state index contributed by atoms with van der Waals surface area (Å²) in [5, 5.41) is 54.5. The Bertz CT molecular complexity index is 1430. The van der Waals surface area contributed by atoms with Crippen molar-refractivity contribution < 1.29 is 39.8 Å². The monoisotopic (exact) mass is 994 g/mol. The summed E-state index contributed by atoms with van der Waals surface area (Å²) in [6.45, 7) is 3.65. The number of amides is 1. The zero-order chi connectivity index (χ0) is 51.5. The number of nitrogens with one attached hydrogen (secondary N) is 1. The molecule has 1 rings (SSSR count). The lowest BCUT2D eigenvalue weighted by molar-refractivity contribution is -0.302. The summed E-state index contributed by atoms with van der Waals surface area (Å²) in [6, 6.07) is -0.839. The van der Waals surface area contributed by atoms with E-state index in [4.69, 9.17) is 9.47 Å². The van der Waals surface area contributed by atoms with E-state index in [9.17, 15) is 30.3 Å². The summed E-state index contributed by atoms with van der Waals surface area (Å²) in [4.78, 5) is 13.1. The van der Waals surface area contributed by atoms with E-state index in [1.807, 2.05) is 6.08 Å². The lowest BCUT2D eigenvalue weighted by Crippen LogP contribution is -2.60. The molecule has 0 radical (unpaired) electrons. The van der Waals surface area contributed by atoms with E-state index in [2.05, 4.69) is 104 Å². The highest BCUT2D eigenvalue weighted by molar-refractivity contribution is 5.76. The minimum atomic E-state index is -1.58. The van der Waals surface area contributed by atoms with Gasteiger partial charge in [0.2, 0.25) is 5.91 Å². The number of aliphatic hydroxyl groups is 5. The summed E-state index contributed by atoms with van der Waals surface area (Å²) >= 11 is 0. The molecule has 1 amide bonds. The van der Waals surface area contributed by atoms with Crippen LogP contribution in [0.15, 0.2) is 97.2 Å². The average molecular weight is 995 g/mol. The minimum absolute atomic E-state index is 0.200. The van der Waals surface area contributed by atoms with Crippen molar-refractivity contribution in [1.29, 1.82) is 0 Å². The maximum absolute atomic E-state index is 13.1. The van der Waals surface area contributed by atoms with Gasteiger partial charge in [-0.25, -0.2) is 0 Å². The number of rotatable bonds is 48. The van der Waals surface area contributed by atoms with Gasteiger partial charge in [0.25, 0.3) is 0 Å². The first-order chi connectivity index (χ1) is 34.8. The van der Waals surface area contributed by atoms with Gasteiger partial charge < -0.3 is 40.3 Å². The highest BCUT2D eigenvalue weighted by atomic mass is 16.7. The number of hydrogen-bond acceptors (Lipinski definition) is 8. The Balaban J connectivity index is 2.29. The van der Waals surface area contributed by atoms with Gasteiger partial charge in [-0.15, -0.1) is 0 Å². The van der Waals surface area contributed by atoms with Crippen LogP contribution in [-0.4, -0.2) is 87.5 Å². The average Bonchev–Trinajstić information content (AvgIpc) is 3.37. The molecule has 0 aliphatic carbocycles. The van der Waals surface area contributed by atoms with Crippen molar-refractivity contribution in [2.24, 2.45) is 0 Å². The van der Waals surface area contributed by atoms with Crippen molar-refractivity contribution in [3.8, 4) is 0 Å². The predicted octanol–water partition coefficient (Wildman–Crippen LogP) is 14.4. The van der Waals surface area contributed by atoms with Crippen molar-refractivity contribution in [1.82, 2.24) is 5.32 Å². The van der Waals surface area contributed by atoms with Gasteiger partial charge in [0, 0.05) is 6.42 Å². The third-order valence-corrected chi connectivity index (χ3v) is 13.1. The molecule has 0 aromatic heterocycles. The molecule has 0 saturated carbocycles. The van der Waals surface area contributed by atoms with Crippen LogP contribution in [0.25, 0.3) is 0 Å². The maximum Gasteiger partial charge on any atom is 0.220 e. The van der Waals surface area contributed by atoms with Gasteiger partial charge in [-0.05, 0) is 89.9 Å². The molecule has 408 valence electrons. The first-order valence-electron chi connectivity index (χ1n) is 29.0. The third kappa shape index (κ3) is 40.2. The van der Waals surface area contributed by atoms with Gasteiger partial charge in [0.15, 0.2) is 6.29 Å². The van der Waals surface area contributed by atoms with E-state index in [1.165, 1.54) is 122 Å². The highest BCUT2D eigenvalue weighted by Gasteiger charge is 2.44. The van der Waals surface area contributed by atoms with Gasteiger partial charge in [0.1, 0.15) is 24.4 Å². The normalized spacial score (nSPS) is 20.0. The van der Waals surface area contributed by atoms with Gasteiger partial charge >= 0.3 is 0 Å². The molecular weight excluding hydrogens is 887 g/mol. The Kier molecular flexibility index (Phi) is 47.2. The van der Waals surface area contributed by atoms with E-state index < -0.39 is 49.5 Å². The second kappa shape index (κ2) is 50.6. The second-order valence-electron chi connectivity index (χ2n) is 19.7. The molecule has 9 heteroatoms. The zero-order valence-corrected chi connectivity index (χ0v) is 45.2. The number of hydrogen-bond donors (Lipinski definition) is 6. The summed E-state index contributed by atoms with van der Waals surface area (Å²) in [7, 11) is 0. The molecule has 0 aromatic rings. The summed E-state index contributed by atoms with van der Waals surface area (Å²) in [5.74, 6) is -0.200. The molecule has 0 aromatic carbocycles. The molecule has 7 unspecified atom stereocenters. The van der Waals surface area contributed by atoms with Gasteiger partial charge in [-0.2, -0.15) is 0 Å². The predicted molar refractivity (Wildman–Crippen MR) is 299 cm³/mol. The van der Waals surface area contributed by atoms with Gasteiger partial charge in [-0.1, -0.05) is 233 Å². The van der Waals surface area contributed by atoms with Gasteiger partial charge in [-0.3, -0.25) is 4.79 Å². The molecule has 1 aliphatic rings. The fraction of sp³-hybridized carbons (Fsp3) is 0.726. The lowest BCUT2D eigenvalue weighted by atomic mass is 9.99. The van der Waals surface area contributed by atoms with Crippen LogP contribution in [0.2, 0.25) is 0 Å². The van der Waals surface area contributed by atoms with Crippen molar-refractivity contribution in [3.05, 3.63) is 97.2 Å². The smallest absolute Gasteiger partial charge is 0.220 e. The minimum Gasteiger partial charge on any atom is -0.394 e. The molecule has 7 atom stereocenters. The number of allylic oxidation sites excluding steroid dienone is 15. The maximum atomic E-state index is 13.1. The fourth-order valence-corrected chi connectivity index (χ4v) is 8.57. The fourth-order valence-electron chi connectivity index (χ4n) is 8.57. The van der Waals surface area contributed by atoms with Crippen LogP contribution in [0.1, 0.15) is 232 Å². The molecule has 1 heterocycles. The van der Waals surface area contributed by atoms with Crippen LogP contribution in [0.4, 0.5) is 0 Å². The number of carbonyl (C=O) groups is 1. The molecule has 71 heavy (non-hydrogen) atoms. The Morgan fingerprint density at radius 2 is 0.887 bits per heavy atom. The SMILES string of the molecule is CC/C=C\C/C=C\C/C=C\C/C=C\C/C=C\CCCCCCCCCCCC(=O)NC(COC1OC(CO)C(O)C(O)C1O)C(O)/C=C/CC/C=C/CC/C=C/CCCCCCCCCCCCCCC. The van der Waals surface area contributed by atoms with E-state index >= 15 is 0 Å². The molecule has 0 bridgehead atoms. The van der Waals surface area contributed by atoms with E-state index in [0.29, 0.717) is 6.42 Å². The number of ether oxygens (including phenoxy) is 2. The summed E-state index contributed by atoms with van der Waals surface area (Å²) in [6.07, 6.45) is 66.1. The Morgan fingerprint density at radius 1 is 0.493 bits per heavy atom. The van der Waals surface area contributed by atoms with Crippen LogP contribution in [0.3, 0.4) is 0 Å². The van der Waals surface area contributed by atoms with Crippen LogP contribution in [-0.2, 0) is 14.3 Å². The van der Waals surface area contributed by atoms with Gasteiger partial charge in [0.05, 0.1) is 25.4 Å². The van der Waals surface area contributed by atoms with E-state index in [0.717, 1.165) is 89.9 Å². The molecule has 1 saturated heterocycles. The molecule has 1 aliphatic heterocycles. The Hall–Kier alpha value is -2.89. The first kappa shape index (κ1) is 66.1. The summed E-state index contributed by atoms with van der Waals surface area (Å²) in [5.41, 5.74) is 0. The number of unbranched alkanes of at least 4 members (excludes halogenated alkanes) is 24. The number of carbonyl (C=O) groups excluding carboxylic acids is 1. The second-order valence-corrected chi connectivity index (χ2v) is 19.7. The van der Waals surface area contributed by atoms with Crippen molar-refractivity contribution in [2.75, 3.05) is 13.2 Å². The summed E-state index contributed by atoms with van der Waals surface area (Å²) < 4.78 is 11.3. The van der Waals surface area contributed by atoms with Crippen molar-refractivity contribution in [3.63, 3.8) is 0 Å². The number of aliphatic hydroxyl groups excluding tert-OH is 5. The Morgan fingerprint density at radius 3 is 1.35 bits per heavy atom. The third-order valence-electron chi connectivity index (χ3n) is 13.1. The Labute approximate surface area is 434 Å². The molecule has 0 spiro atoms. The molecule has 6 N–H and O–H groups in total. The van der Waals surface area contributed by atoms with Crippen LogP contribution < -0.4 is 5.32 Å². The van der Waals surface area contributed by atoms with Crippen molar-refractivity contribution in [2.45, 2.75) is 275 Å². The van der Waals surface area contributed by atoms with Crippen LogP contribution in [0.5, 0.6) is 0 Å². The first-order valence-corrected chi connectivity index (χ1v) is 29.0. The van der Waals surface area contributed by atoms with Crippen LogP contribution >= 0.6 is 0 Å². The van der Waals surface area contributed by atoms with E-state index in [-0.39, 0.29) is 12.5 Å². The largest absolute Gasteiger partial charge is 0.394 e. The zero-order valence-electron chi connectivity index (χ0n) is 45.2. The highest BCUT2D eigenvalue weighted by Crippen LogP contribution is 2.23.